The van der Waals surface area contributed by atoms with Crippen LogP contribution in [0.3, 0.4) is 0 Å². The van der Waals surface area contributed by atoms with Gasteiger partial charge >= 0.3 is 0 Å². The molecule has 0 radical (unpaired) electrons. The molecule has 2 aliphatic rings. The molecular formula is C15H18BrN5. The van der Waals surface area contributed by atoms with Crippen LogP contribution in [0.2, 0.25) is 0 Å². The van der Waals surface area contributed by atoms with Crippen LogP contribution in [-0.2, 0) is 6.54 Å². The van der Waals surface area contributed by atoms with Crippen molar-refractivity contribution in [3.05, 3.63) is 22.7 Å². The molecule has 5 nitrogen and oxygen atoms in total. The minimum Gasteiger partial charge on any atom is -0.398 e. The Morgan fingerprint density at radius 2 is 1.95 bits per heavy atom. The number of nitrogen functional groups attached to an aromatic ring is 1. The highest BCUT2D eigenvalue weighted by molar-refractivity contribution is 9.10. The Morgan fingerprint density at radius 1 is 1.24 bits per heavy atom. The van der Waals surface area contributed by atoms with E-state index in [1.54, 1.807) is 0 Å². The molecule has 2 fully saturated rings. The molecule has 1 aromatic heterocycles. The highest BCUT2D eigenvalue weighted by Gasteiger charge is 2.41. The summed E-state index contributed by atoms with van der Waals surface area (Å²) in [7, 11) is 0. The Balaban J connectivity index is 1.61. The molecule has 0 spiro atoms. The van der Waals surface area contributed by atoms with Crippen LogP contribution in [0.25, 0.3) is 11.4 Å². The Labute approximate surface area is 132 Å². The van der Waals surface area contributed by atoms with Crippen LogP contribution in [-0.4, -0.2) is 20.2 Å². The molecule has 21 heavy (non-hydrogen) atoms. The number of hydrogen-bond donors (Lipinski definition) is 1. The molecule has 0 aliphatic heterocycles. The van der Waals surface area contributed by atoms with E-state index in [2.05, 4.69) is 31.5 Å². The van der Waals surface area contributed by atoms with Crippen molar-refractivity contribution in [1.82, 2.24) is 20.2 Å². The first-order valence-corrected chi connectivity index (χ1v) is 8.33. The number of anilines is 1. The predicted octanol–water partition coefficient (Wildman–Crippen LogP) is 3.12. The molecule has 1 aromatic carbocycles. The summed E-state index contributed by atoms with van der Waals surface area (Å²) < 4.78 is 2.86. The minimum absolute atomic E-state index is 0.711. The maximum absolute atomic E-state index is 5.97. The van der Waals surface area contributed by atoms with E-state index in [4.69, 9.17) is 5.73 Å². The Kier molecular flexibility index (Phi) is 3.21. The van der Waals surface area contributed by atoms with Crippen LogP contribution < -0.4 is 5.73 Å². The summed E-state index contributed by atoms with van der Waals surface area (Å²) in [5.41, 5.74) is 7.66. The molecule has 0 bridgehead atoms. The van der Waals surface area contributed by atoms with Gasteiger partial charge < -0.3 is 5.73 Å². The number of rotatable bonds is 5. The van der Waals surface area contributed by atoms with E-state index >= 15 is 0 Å². The topological polar surface area (TPSA) is 69.6 Å². The zero-order valence-electron chi connectivity index (χ0n) is 11.7. The summed E-state index contributed by atoms with van der Waals surface area (Å²) >= 11 is 3.42. The van der Waals surface area contributed by atoms with Crippen molar-refractivity contribution in [3.63, 3.8) is 0 Å². The Hall–Kier alpha value is -1.43. The number of halogens is 1. The first-order chi connectivity index (χ1) is 10.2. The fourth-order valence-electron chi connectivity index (χ4n) is 3.15. The van der Waals surface area contributed by atoms with Gasteiger partial charge in [-0.15, -0.1) is 5.10 Å². The average Bonchev–Trinajstić information content (AvgIpc) is 3.39. The number of nitrogens with two attached hydrogens (primary N) is 1. The van der Waals surface area contributed by atoms with Gasteiger partial charge in [0.2, 0.25) is 0 Å². The van der Waals surface area contributed by atoms with Gasteiger partial charge in [-0.3, -0.25) is 0 Å². The zero-order chi connectivity index (χ0) is 14.4. The van der Waals surface area contributed by atoms with Gasteiger partial charge in [0.25, 0.3) is 0 Å². The Morgan fingerprint density at radius 3 is 2.57 bits per heavy atom. The fourth-order valence-corrected chi connectivity index (χ4v) is 3.40. The maximum atomic E-state index is 5.97. The van der Waals surface area contributed by atoms with Crippen molar-refractivity contribution in [1.29, 1.82) is 0 Å². The van der Waals surface area contributed by atoms with Crippen LogP contribution in [0.15, 0.2) is 22.7 Å². The second kappa shape index (κ2) is 5.09. The van der Waals surface area contributed by atoms with E-state index in [1.165, 1.54) is 25.7 Å². The van der Waals surface area contributed by atoms with E-state index in [0.29, 0.717) is 5.69 Å². The SMILES string of the molecule is Nc1cc(-c2nnnn2CC(C2CC2)C2CC2)ccc1Br. The molecule has 0 saturated heterocycles. The number of nitrogens with zero attached hydrogens (tertiary/aromatic N) is 4. The van der Waals surface area contributed by atoms with Crippen molar-refractivity contribution >= 4 is 21.6 Å². The van der Waals surface area contributed by atoms with Gasteiger partial charge in [-0.25, -0.2) is 4.68 Å². The second-order valence-corrected chi connectivity index (χ2v) is 7.11. The van der Waals surface area contributed by atoms with Crippen molar-refractivity contribution in [2.45, 2.75) is 32.2 Å². The monoisotopic (exact) mass is 347 g/mol. The van der Waals surface area contributed by atoms with Gasteiger partial charge in [0.05, 0.1) is 0 Å². The summed E-state index contributed by atoms with van der Waals surface area (Å²) in [4.78, 5) is 0. The van der Waals surface area contributed by atoms with Crippen LogP contribution in [0.4, 0.5) is 5.69 Å². The number of aromatic nitrogens is 4. The van der Waals surface area contributed by atoms with Crippen LogP contribution in [0.5, 0.6) is 0 Å². The van der Waals surface area contributed by atoms with Crippen LogP contribution in [0, 0.1) is 17.8 Å². The highest BCUT2D eigenvalue weighted by atomic mass is 79.9. The summed E-state index contributed by atoms with van der Waals surface area (Å²) in [5.74, 6) is 3.36. The molecule has 2 aromatic rings. The first kappa shape index (κ1) is 13.2. The number of tetrazole rings is 1. The lowest BCUT2D eigenvalue weighted by Crippen LogP contribution is -2.17. The third-order valence-electron chi connectivity index (χ3n) is 4.62. The molecule has 4 rings (SSSR count). The summed E-state index contributed by atoms with van der Waals surface area (Å²) in [6.45, 7) is 0.938. The standard InChI is InChI=1S/C15H18BrN5/c16-13-6-5-11(7-14(13)17)15-18-19-20-21(15)8-12(9-1-2-9)10-3-4-10/h5-7,9-10,12H,1-4,8,17H2. The first-order valence-electron chi connectivity index (χ1n) is 7.54. The van der Waals surface area contributed by atoms with Gasteiger partial charge in [-0.2, -0.15) is 0 Å². The quantitative estimate of drug-likeness (QED) is 0.843. The fraction of sp³-hybridized carbons (Fsp3) is 0.533. The van der Waals surface area contributed by atoms with Crippen molar-refractivity contribution in [3.8, 4) is 11.4 Å². The largest absolute Gasteiger partial charge is 0.398 e. The van der Waals surface area contributed by atoms with E-state index in [-0.39, 0.29) is 0 Å². The zero-order valence-corrected chi connectivity index (χ0v) is 13.3. The summed E-state index contributed by atoms with van der Waals surface area (Å²) in [5, 5.41) is 12.3. The third-order valence-corrected chi connectivity index (χ3v) is 5.35. The highest BCUT2D eigenvalue weighted by Crippen LogP contribution is 2.50. The van der Waals surface area contributed by atoms with Crippen LogP contribution in [0.1, 0.15) is 25.7 Å². The molecule has 0 amide bonds. The smallest absolute Gasteiger partial charge is 0.182 e. The molecule has 1 heterocycles. The van der Waals surface area contributed by atoms with E-state index in [9.17, 15) is 0 Å². The van der Waals surface area contributed by atoms with Gasteiger partial charge in [-0.1, -0.05) is 0 Å². The van der Waals surface area contributed by atoms with Gasteiger partial charge in [0, 0.05) is 22.3 Å². The lowest BCUT2D eigenvalue weighted by molar-refractivity contribution is 0.331. The molecule has 2 aliphatic carbocycles. The average molecular weight is 348 g/mol. The molecular weight excluding hydrogens is 330 g/mol. The van der Waals surface area contributed by atoms with Crippen molar-refractivity contribution in [2.75, 3.05) is 5.73 Å². The normalized spacial score (nSPS) is 18.4. The summed E-state index contributed by atoms with van der Waals surface area (Å²) in [6, 6.07) is 5.88. The van der Waals surface area contributed by atoms with E-state index in [1.807, 2.05) is 22.9 Å². The van der Waals surface area contributed by atoms with E-state index < -0.39 is 0 Å². The predicted molar refractivity (Wildman–Crippen MR) is 84.3 cm³/mol. The maximum Gasteiger partial charge on any atom is 0.182 e. The number of benzene rings is 1. The molecule has 6 heteroatoms. The Bertz CT molecular complexity index is 648. The minimum atomic E-state index is 0.711. The number of hydrogen-bond acceptors (Lipinski definition) is 4. The van der Waals surface area contributed by atoms with Crippen molar-refractivity contribution < 1.29 is 0 Å². The van der Waals surface area contributed by atoms with Gasteiger partial charge in [-0.05, 0) is 88.0 Å². The summed E-state index contributed by atoms with van der Waals surface area (Å²) in [6.07, 6.45) is 5.52. The molecule has 2 N–H and O–H groups in total. The van der Waals surface area contributed by atoms with Crippen molar-refractivity contribution in [2.24, 2.45) is 17.8 Å². The molecule has 110 valence electrons. The van der Waals surface area contributed by atoms with E-state index in [0.717, 1.165) is 40.2 Å². The molecule has 0 unspecified atom stereocenters. The lowest BCUT2D eigenvalue weighted by Gasteiger charge is -2.16. The molecule has 2 saturated carbocycles. The molecule has 0 atom stereocenters. The lowest BCUT2D eigenvalue weighted by atomic mass is 9.98. The third kappa shape index (κ3) is 2.69. The second-order valence-electron chi connectivity index (χ2n) is 6.26. The van der Waals surface area contributed by atoms with Crippen LogP contribution >= 0.6 is 15.9 Å². The van der Waals surface area contributed by atoms with Gasteiger partial charge in [0.1, 0.15) is 0 Å². The van der Waals surface area contributed by atoms with Gasteiger partial charge in [0.15, 0.2) is 5.82 Å².